The largest absolute Gasteiger partial charge is 0.381 e. The van der Waals surface area contributed by atoms with Crippen molar-refractivity contribution in [3.8, 4) is 5.82 Å². The Morgan fingerprint density at radius 1 is 1.19 bits per heavy atom. The maximum Gasteiger partial charge on any atom is 0.155 e. The average Bonchev–Trinajstić information content (AvgIpc) is 3.02. The number of unbranched alkanes of at least 4 members (excludes halogenated alkanes) is 4. The SMILES string of the molecule is CCCCCCCC(C)Nc1ccc(-n2cncn2)nc1. The van der Waals surface area contributed by atoms with Gasteiger partial charge in [-0.2, -0.15) is 5.10 Å². The molecule has 5 heteroatoms. The molecule has 114 valence electrons. The predicted octanol–water partition coefficient (Wildman–Crippen LogP) is 3.82. The van der Waals surface area contributed by atoms with Crippen LogP contribution in [0.4, 0.5) is 5.69 Å². The Hall–Kier alpha value is -1.91. The van der Waals surface area contributed by atoms with Crippen LogP contribution in [0.1, 0.15) is 52.4 Å². The van der Waals surface area contributed by atoms with E-state index in [2.05, 4.69) is 34.2 Å². The molecule has 0 spiro atoms. The maximum absolute atomic E-state index is 4.39. The van der Waals surface area contributed by atoms with E-state index >= 15 is 0 Å². The minimum atomic E-state index is 0.477. The second-order valence-electron chi connectivity index (χ2n) is 5.49. The molecule has 0 radical (unpaired) electrons. The Balaban J connectivity index is 1.75. The van der Waals surface area contributed by atoms with Crippen molar-refractivity contribution in [1.82, 2.24) is 19.7 Å². The van der Waals surface area contributed by atoms with Crippen molar-refractivity contribution in [3.63, 3.8) is 0 Å². The molecule has 2 rings (SSSR count). The Labute approximate surface area is 126 Å². The first kappa shape index (κ1) is 15.5. The monoisotopic (exact) mass is 287 g/mol. The van der Waals surface area contributed by atoms with Gasteiger partial charge in [0.25, 0.3) is 0 Å². The van der Waals surface area contributed by atoms with Gasteiger partial charge in [0.05, 0.1) is 11.9 Å². The minimum absolute atomic E-state index is 0.477. The van der Waals surface area contributed by atoms with Crippen LogP contribution in [0.15, 0.2) is 31.0 Å². The zero-order valence-electron chi connectivity index (χ0n) is 13.0. The highest BCUT2D eigenvalue weighted by Gasteiger charge is 2.03. The van der Waals surface area contributed by atoms with Gasteiger partial charge in [-0.05, 0) is 25.5 Å². The minimum Gasteiger partial charge on any atom is -0.381 e. The second kappa shape index (κ2) is 8.39. The third-order valence-corrected chi connectivity index (χ3v) is 3.56. The molecule has 1 unspecified atom stereocenters. The van der Waals surface area contributed by atoms with Crippen molar-refractivity contribution < 1.29 is 0 Å². The van der Waals surface area contributed by atoms with Gasteiger partial charge >= 0.3 is 0 Å². The zero-order chi connectivity index (χ0) is 14.9. The fourth-order valence-corrected chi connectivity index (χ4v) is 2.34. The molecule has 0 aliphatic carbocycles. The van der Waals surface area contributed by atoms with Gasteiger partial charge < -0.3 is 5.32 Å². The smallest absolute Gasteiger partial charge is 0.155 e. The molecule has 2 aromatic rings. The summed E-state index contributed by atoms with van der Waals surface area (Å²) in [5.41, 5.74) is 1.06. The zero-order valence-corrected chi connectivity index (χ0v) is 13.0. The van der Waals surface area contributed by atoms with Crippen molar-refractivity contribution in [2.24, 2.45) is 0 Å². The van der Waals surface area contributed by atoms with E-state index in [0.29, 0.717) is 6.04 Å². The van der Waals surface area contributed by atoms with Crippen molar-refractivity contribution in [2.75, 3.05) is 5.32 Å². The van der Waals surface area contributed by atoms with E-state index in [1.54, 1.807) is 11.0 Å². The summed E-state index contributed by atoms with van der Waals surface area (Å²) in [7, 11) is 0. The number of hydrogen-bond acceptors (Lipinski definition) is 4. The lowest BCUT2D eigenvalue weighted by atomic mass is 10.1. The Kier molecular flexibility index (Phi) is 6.19. The first-order valence-corrected chi connectivity index (χ1v) is 7.87. The number of anilines is 1. The molecule has 1 atom stereocenters. The van der Waals surface area contributed by atoms with E-state index in [0.717, 1.165) is 11.5 Å². The number of nitrogens with zero attached hydrogens (tertiary/aromatic N) is 4. The Morgan fingerprint density at radius 2 is 2.05 bits per heavy atom. The highest BCUT2D eigenvalue weighted by molar-refractivity contribution is 5.44. The van der Waals surface area contributed by atoms with Crippen LogP contribution in [-0.2, 0) is 0 Å². The summed E-state index contributed by atoms with van der Waals surface area (Å²) in [6.07, 6.45) is 12.9. The second-order valence-corrected chi connectivity index (χ2v) is 5.49. The highest BCUT2D eigenvalue weighted by Crippen LogP contribution is 2.13. The Bertz CT molecular complexity index is 492. The Morgan fingerprint density at radius 3 is 2.71 bits per heavy atom. The maximum atomic E-state index is 4.39. The van der Waals surface area contributed by atoms with Gasteiger partial charge in [0.2, 0.25) is 0 Å². The van der Waals surface area contributed by atoms with Crippen LogP contribution in [0.25, 0.3) is 5.82 Å². The lowest BCUT2D eigenvalue weighted by Crippen LogP contribution is -2.15. The number of nitrogens with one attached hydrogen (secondary N) is 1. The quantitative estimate of drug-likeness (QED) is 0.712. The van der Waals surface area contributed by atoms with Crippen LogP contribution in [0, 0.1) is 0 Å². The lowest BCUT2D eigenvalue weighted by Gasteiger charge is -2.15. The van der Waals surface area contributed by atoms with Crippen LogP contribution in [0.5, 0.6) is 0 Å². The van der Waals surface area contributed by atoms with E-state index in [9.17, 15) is 0 Å². The third-order valence-electron chi connectivity index (χ3n) is 3.56. The van der Waals surface area contributed by atoms with Crippen LogP contribution in [-0.4, -0.2) is 25.8 Å². The van der Waals surface area contributed by atoms with Crippen LogP contribution < -0.4 is 5.32 Å². The molecule has 21 heavy (non-hydrogen) atoms. The number of rotatable bonds is 9. The van der Waals surface area contributed by atoms with Crippen molar-refractivity contribution >= 4 is 5.69 Å². The number of pyridine rings is 1. The first-order chi connectivity index (χ1) is 10.3. The van der Waals surface area contributed by atoms with Gasteiger partial charge in [-0.1, -0.05) is 39.0 Å². The number of aromatic nitrogens is 4. The summed E-state index contributed by atoms with van der Waals surface area (Å²) in [4.78, 5) is 8.31. The normalized spacial score (nSPS) is 12.3. The molecular formula is C16H25N5. The van der Waals surface area contributed by atoms with Gasteiger partial charge in [0.15, 0.2) is 5.82 Å². The molecule has 0 bridgehead atoms. The highest BCUT2D eigenvalue weighted by atomic mass is 15.3. The van der Waals surface area contributed by atoms with Gasteiger partial charge in [-0.3, -0.25) is 0 Å². The topological polar surface area (TPSA) is 55.6 Å². The van der Waals surface area contributed by atoms with E-state index in [1.807, 2.05) is 18.3 Å². The van der Waals surface area contributed by atoms with Crippen LogP contribution in [0.2, 0.25) is 0 Å². The molecule has 0 aliphatic rings. The standard InChI is InChI=1S/C16H25N5/c1-3-4-5-6-7-8-14(2)20-15-9-10-16(18-11-15)21-13-17-12-19-21/h9-14,20H,3-8H2,1-2H3. The molecule has 2 heterocycles. The van der Waals surface area contributed by atoms with Crippen molar-refractivity contribution in [3.05, 3.63) is 31.0 Å². The van der Waals surface area contributed by atoms with E-state index in [1.165, 1.54) is 44.9 Å². The fourth-order valence-electron chi connectivity index (χ4n) is 2.34. The van der Waals surface area contributed by atoms with Gasteiger partial charge in [0, 0.05) is 6.04 Å². The van der Waals surface area contributed by atoms with Crippen molar-refractivity contribution in [2.45, 2.75) is 58.4 Å². The predicted molar refractivity (Wildman–Crippen MR) is 85.6 cm³/mol. The number of hydrogen-bond donors (Lipinski definition) is 1. The van der Waals surface area contributed by atoms with Crippen LogP contribution in [0.3, 0.4) is 0 Å². The summed E-state index contributed by atoms with van der Waals surface area (Å²) in [6, 6.07) is 4.47. The van der Waals surface area contributed by atoms with E-state index < -0.39 is 0 Å². The van der Waals surface area contributed by atoms with Crippen LogP contribution >= 0.6 is 0 Å². The molecule has 2 aromatic heterocycles. The summed E-state index contributed by atoms with van der Waals surface area (Å²) in [5.74, 6) is 0.783. The van der Waals surface area contributed by atoms with Crippen molar-refractivity contribution in [1.29, 1.82) is 0 Å². The molecule has 0 amide bonds. The van der Waals surface area contributed by atoms with E-state index in [-0.39, 0.29) is 0 Å². The summed E-state index contributed by atoms with van der Waals surface area (Å²) >= 11 is 0. The molecule has 1 N–H and O–H groups in total. The van der Waals surface area contributed by atoms with Gasteiger partial charge in [0.1, 0.15) is 12.7 Å². The fraction of sp³-hybridized carbons (Fsp3) is 0.562. The molecule has 5 nitrogen and oxygen atoms in total. The summed E-state index contributed by atoms with van der Waals surface area (Å²) in [5, 5.41) is 7.56. The first-order valence-electron chi connectivity index (χ1n) is 7.87. The molecule has 0 saturated carbocycles. The van der Waals surface area contributed by atoms with E-state index in [4.69, 9.17) is 0 Å². The summed E-state index contributed by atoms with van der Waals surface area (Å²) in [6.45, 7) is 4.48. The lowest BCUT2D eigenvalue weighted by molar-refractivity contribution is 0.578. The molecular weight excluding hydrogens is 262 g/mol. The molecule has 0 aromatic carbocycles. The third kappa shape index (κ3) is 5.17. The average molecular weight is 287 g/mol. The van der Waals surface area contributed by atoms with Gasteiger partial charge in [-0.15, -0.1) is 0 Å². The van der Waals surface area contributed by atoms with Gasteiger partial charge in [-0.25, -0.2) is 14.6 Å². The summed E-state index contributed by atoms with van der Waals surface area (Å²) < 4.78 is 1.65. The molecule has 0 aliphatic heterocycles. The molecule has 0 saturated heterocycles. The molecule has 0 fully saturated rings.